The first kappa shape index (κ1) is 39.2. The largest absolute Gasteiger partial charge is 0.497 e. The third-order valence-electron chi connectivity index (χ3n) is 7.85. The number of benzene rings is 3. The summed E-state index contributed by atoms with van der Waals surface area (Å²) in [6.07, 6.45) is 1.41. The number of carbonyl (C=O) groups is 2. The van der Waals surface area contributed by atoms with E-state index in [2.05, 4.69) is 25.6 Å². The first-order valence-electron chi connectivity index (χ1n) is 16.1. The Morgan fingerprint density at radius 1 is 0.870 bits per heavy atom. The van der Waals surface area contributed by atoms with E-state index in [9.17, 15) is 18.4 Å². The number of halogens is 2. The summed E-state index contributed by atoms with van der Waals surface area (Å²) in [5.74, 6) is -4.24. The van der Waals surface area contributed by atoms with Crippen molar-refractivity contribution in [3.05, 3.63) is 101 Å². The third kappa shape index (κ3) is 9.69. The molecule has 5 aromatic rings. The van der Waals surface area contributed by atoms with Crippen LogP contribution in [0.2, 0.25) is 0 Å². The molecule has 3 aromatic carbocycles. The Hall–Kier alpha value is -6.01. The summed E-state index contributed by atoms with van der Waals surface area (Å²) in [7, 11) is 4.29. The number of anilines is 1. The second kappa shape index (κ2) is 17.2. The van der Waals surface area contributed by atoms with E-state index < -0.39 is 57.0 Å². The van der Waals surface area contributed by atoms with Gasteiger partial charge >= 0.3 is 5.97 Å². The maximum atomic E-state index is 15.6. The molecule has 0 saturated carbocycles. The fourth-order valence-corrected chi connectivity index (χ4v) is 5.41. The highest BCUT2D eigenvalue weighted by atomic mass is 32.2. The first-order valence-corrected chi connectivity index (χ1v) is 17.4. The van der Waals surface area contributed by atoms with Gasteiger partial charge in [0.05, 0.1) is 39.5 Å². The molecule has 0 aliphatic heterocycles. The molecule has 0 aliphatic carbocycles. The van der Waals surface area contributed by atoms with Gasteiger partial charge in [0.2, 0.25) is 11.8 Å². The topological polar surface area (TPSA) is 186 Å². The number of rotatable bonds is 16. The summed E-state index contributed by atoms with van der Waals surface area (Å²) < 4.78 is 81.1. The second-order valence-corrected chi connectivity index (χ2v) is 13.2. The van der Waals surface area contributed by atoms with Gasteiger partial charge < -0.3 is 33.6 Å². The van der Waals surface area contributed by atoms with Crippen LogP contribution in [0, 0.1) is 17.0 Å². The lowest BCUT2D eigenvalue weighted by Crippen LogP contribution is -2.30. The molecule has 0 saturated heterocycles. The molecule has 1 amide bonds. The lowest BCUT2D eigenvalue weighted by Gasteiger charge is -2.20. The number of carbonyl (C=O) groups excluding carboxylic acids is 2. The Kier molecular flexibility index (Phi) is 12.5. The number of ether oxygens (including phenoxy) is 5. The molecule has 0 aliphatic rings. The third-order valence-corrected chi connectivity index (χ3v) is 8.35. The summed E-state index contributed by atoms with van der Waals surface area (Å²) in [6.45, 7) is 3.08. The summed E-state index contributed by atoms with van der Waals surface area (Å²) in [5.41, 5.74) is -0.855. The van der Waals surface area contributed by atoms with Crippen LogP contribution in [0.4, 0.5) is 14.5 Å². The number of hydrogen-bond acceptors (Lipinski definition) is 12. The average molecular weight is 767 g/mol. The molecule has 0 fully saturated rings. The number of methoxy groups -OCH3 is 3. The van der Waals surface area contributed by atoms with E-state index in [0.29, 0.717) is 22.6 Å². The number of nitrogens with one attached hydrogen (secondary N) is 1. The number of nitrogens with zero attached hydrogens (tertiary/aromatic N) is 5. The van der Waals surface area contributed by atoms with E-state index in [4.69, 9.17) is 23.7 Å². The molecule has 284 valence electrons. The number of hydrogen-bond donors (Lipinski definition) is 2. The molecule has 1 unspecified atom stereocenters. The van der Waals surface area contributed by atoms with Gasteiger partial charge in [0.15, 0.2) is 22.5 Å². The lowest BCUT2D eigenvalue weighted by atomic mass is 9.94. The van der Waals surface area contributed by atoms with E-state index in [1.54, 1.807) is 62.4 Å². The zero-order valence-corrected chi connectivity index (χ0v) is 30.6. The summed E-state index contributed by atoms with van der Waals surface area (Å²) in [5, 5.41) is 10.2. The molecule has 15 nitrogen and oxygen atoms in total. The predicted molar refractivity (Wildman–Crippen MR) is 190 cm³/mol. The molecule has 2 N–H and O–H groups in total. The minimum atomic E-state index is -2.40. The van der Waals surface area contributed by atoms with Gasteiger partial charge in [0, 0.05) is 5.56 Å². The van der Waals surface area contributed by atoms with Crippen LogP contribution < -0.4 is 24.3 Å². The molecule has 0 spiro atoms. The van der Waals surface area contributed by atoms with Crippen molar-refractivity contribution in [1.29, 1.82) is 0 Å². The molecule has 54 heavy (non-hydrogen) atoms. The zero-order chi connectivity index (χ0) is 39.0. The van der Waals surface area contributed by atoms with Gasteiger partial charge in [-0.3, -0.25) is 14.3 Å². The van der Waals surface area contributed by atoms with E-state index in [1.807, 2.05) is 0 Å². The summed E-state index contributed by atoms with van der Waals surface area (Å²) >= 11 is -2.40. The van der Waals surface area contributed by atoms with Crippen LogP contribution in [0.15, 0.2) is 66.9 Å². The highest BCUT2D eigenvalue weighted by molar-refractivity contribution is 7.78. The van der Waals surface area contributed by atoms with Gasteiger partial charge in [-0.2, -0.15) is 9.97 Å². The van der Waals surface area contributed by atoms with Crippen molar-refractivity contribution in [2.24, 2.45) is 5.41 Å². The van der Waals surface area contributed by atoms with Gasteiger partial charge in [0.25, 0.3) is 5.91 Å². The quantitative estimate of drug-likeness (QED) is 0.0967. The van der Waals surface area contributed by atoms with E-state index >= 15 is 8.78 Å². The molecule has 2 aromatic heterocycles. The van der Waals surface area contributed by atoms with Gasteiger partial charge in [-0.15, -0.1) is 5.10 Å². The van der Waals surface area contributed by atoms with E-state index in [1.165, 1.54) is 32.2 Å². The summed E-state index contributed by atoms with van der Waals surface area (Å²) in [6, 6.07) is 15.5. The zero-order valence-electron chi connectivity index (χ0n) is 29.8. The Morgan fingerprint density at radius 3 is 1.85 bits per heavy atom. The Labute approximate surface area is 310 Å². The van der Waals surface area contributed by atoms with Crippen molar-refractivity contribution in [2.45, 2.75) is 39.4 Å². The Balaban J connectivity index is 1.48. The van der Waals surface area contributed by atoms with Crippen molar-refractivity contribution in [3.63, 3.8) is 0 Å². The first-order chi connectivity index (χ1) is 25.8. The van der Waals surface area contributed by atoms with Gasteiger partial charge in [-0.1, -0.05) is 29.5 Å². The molecule has 0 bridgehead atoms. The van der Waals surface area contributed by atoms with Crippen molar-refractivity contribution in [1.82, 2.24) is 25.0 Å². The number of esters is 1. The van der Waals surface area contributed by atoms with Crippen molar-refractivity contribution >= 4 is 28.6 Å². The molecule has 0 radical (unpaired) electrons. The summed E-state index contributed by atoms with van der Waals surface area (Å²) in [4.78, 5) is 34.5. The minimum Gasteiger partial charge on any atom is -0.497 e. The standard InChI is InChI=1S/C36H36F2N6O9S/c1-36(2,35(46)51-5)20-44-16-28(42-43-44)23-14-26(37)31(27(38)15-23)41-32(45)30-33(52-17-21-6-10-24(49-3)11-7-21)39-29(19-54(47)48)40-34(30)53-18-22-8-12-25(50-4)13-9-22/h6-16H,17-20H2,1-5H3,(H,41,45)(H,47,48). The highest BCUT2D eigenvalue weighted by Crippen LogP contribution is 2.32. The molecule has 18 heteroatoms. The Morgan fingerprint density at radius 2 is 1.39 bits per heavy atom. The van der Waals surface area contributed by atoms with Crippen LogP contribution in [0.5, 0.6) is 23.3 Å². The molecular weight excluding hydrogens is 730 g/mol. The average Bonchev–Trinajstić information content (AvgIpc) is 3.61. The lowest BCUT2D eigenvalue weighted by molar-refractivity contribution is -0.151. The molecule has 1 atom stereocenters. The van der Waals surface area contributed by atoms with Crippen molar-refractivity contribution < 1.29 is 50.8 Å². The van der Waals surface area contributed by atoms with Crippen LogP contribution in [-0.4, -0.2) is 66.9 Å². The van der Waals surface area contributed by atoms with Crippen LogP contribution in [-0.2, 0) is 46.1 Å². The van der Waals surface area contributed by atoms with Crippen LogP contribution >= 0.6 is 0 Å². The van der Waals surface area contributed by atoms with Crippen LogP contribution in [0.1, 0.15) is 41.2 Å². The van der Waals surface area contributed by atoms with E-state index in [-0.39, 0.29) is 48.6 Å². The normalized spacial score (nSPS) is 11.8. The smallest absolute Gasteiger partial charge is 0.313 e. The fourth-order valence-electron chi connectivity index (χ4n) is 5.06. The SMILES string of the molecule is COC(=O)C(C)(C)Cn1cc(-c2cc(F)c(NC(=O)c3c(OCc4ccc(OC)cc4)nc(CS(=O)O)nc3OCc3ccc(OC)cc3)c(F)c2)nn1. The number of aromatic nitrogens is 5. The highest BCUT2D eigenvalue weighted by Gasteiger charge is 2.30. The monoisotopic (exact) mass is 766 g/mol. The Bertz CT molecular complexity index is 2050. The second-order valence-electron chi connectivity index (χ2n) is 12.3. The molecule has 5 rings (SSSR count). The molecule has 2 heterocycles. The van der Waals surface area contributed by atoms with Gasteiger partial charge in [-0.25, -0.2) is 13.0 Å². The maximum Gasteiger partial charge on any atom is 0.313 e. The predicted octanol–water partition coefficient (Wildman–Crippen LogP) is 5.36. The van der Waals surface area contributed by atoms with Crippen molar-refractivity contribution in [2.75, 3.05) is 26.6 Å². The van der Waals surface area contributed by atoms with E-state index in [0.717, 1.165) is 12.1 Å². The van der Waals surface area contributed by atoms with Gasteiger partial charge in [0.1, 0.15) is 53.5 Å². The van der Waals surface area contributed by atoms with Crippen LogP contribution in [0.3, 0.4) is 0 Å². The van der Waals surface area contributed by atoms with Crippen LogP contribution in [0.25, 0.3) is 11.3 Å². The maximum absolute atomic E-state index is 15.6. The molecular formula is C36H36F2N6O9S. The fraction of sp³-hybridized carbons (Fsp3) is 0.278. The number of amides is 1. The minimum absolute atomic E-state index is 0.00170. The van der Waals surface area contributed by atoms with Crippen molar-refractivity contribution in [3.8, 4) is 34.5 Å². The van der Waals surface area contributed by atoms with Gasteiger partial charge in [-0.05, 0) is 61.4 Å².